The van der Waals surface area contributed by atoms with Crippen LogP contribution in [0.1, 0.15) is 68.4 Å². The Morgan fingerprint density at radius 2 is 1.77 bits per heavy atom. The summed E-state index contributed by atoms with van der Waals surface area (Å²) in [5.41, 5.74) is 0.524. The zero-order valence-electron chi connectivity index (χ0n) is 18.1. The fraction of sp³-hybridized carbons (Fsp3) is 0.600. The van der Waals surface area contributed by atoms with Crippen molar-refractivity contribution in [3.05, 3.63) is 52.0 Å². The quantitative estimate of drug-likeness (QED) is 0.528. The van der Waals surface area contributed by atoms with Gasteiger partial charge in [-0.2, -0.15) is 0 Å². The SMILES string of the molecule is Cc1nc([C@]2(OCC3CC3)CC[C@](C(=O)O)(c3ccccc3)CC2)n(CC2CC2)c1Br. The summed E-state index contributed by atoms with van der Waals surface area (Å²) < 4.78 is 10.1. The number of aryl methyl sites for hydroxylation is 1. The number of hydrogen-bond acceptors (Lipinski definition) is 3. The molecule has 0 atom stereocenters. The monoisotopic (exact) mass is 486 g/mol. The predicted octanol–water partition coefficient (Wildman–Crippen LogP) is 5.58. The number of nitrogens with zero attached hydrogens (tertiary/aromatic N) is 2. The topological polar surface area (TPSA) is 64.3 Å². The molecule has 3 saturated carbocycles. The van der Waals surface area contributed by atoms with E-state index in [9.17, 15) is 9.90 Å². The maximum Gasteiger partial charge on any atom is 0.314 e. The largest absolute Gasteiger partial charge is 0.481 e. The van der Waals surface area contributed by atoms with Crippen molar-refractivity contribution in [3.8, 4) is 0 Å². The van der Waals surface area contributed by atoms with Crippen molar-refractivity contribution in [1.29, 1.82) is 0 Å². The number of imidazole rings is 1. The van der Waals surface area contributed by atoms with E-state index in [4.69, 9.17) is 9.72 Å². The Morgan fingerprint density at radius 1 is 1.13 bits per heavy atom. The lowest BCUT2D eigenvalue weighted by Crippen LogP contribution is -2.47. The van der Waals surface area contributed by atoms with Gasteiger partial charge in [0.2, 0.25) is 0 Å². The molecule has 5 nitrogen and oxygen atoms in total. The number of benzene rings is 1. The molecule has 0 saturated heterocycles. The molecule has 0 bridgehead atoms. The molecule has 31 heavy (non-hydrogen) atoms. The van der Waals surface area contributed by atoms with Crippen LogP contribution < -0.4 is 0 Å². The standard InChI is InChI=1S/C25H31BrN2O3/c1-17-21(26)28(15-18-7-8-18)22(27-17)25(31-16-19-9-10-19)13-11-24(12-14-25,23(29)30)20-5-3-2-4-6-20/h2-6,18-19H,7-16H2,1H3,(H,29,30)/t24-,25+. The average molecular weight is 487 g/mol. The molecule has 0 aliphatic heterocycles. The van der Waals surface area contributed by atoms with Gasteiger partial charge < -0.3 is 14.4 Å². The zero-order valence-corrected chi connectivity index (χ0v) is 19.7. The van der Waals surface area contributed by atoms with Crippen LogP contribution in [0.25, 0.3) is 0 Å². The highest BCUT2D eigenvalue weighted by molar-refractivity contribution is 9.10. The van der Waals surface area contributed by atoms with E-state index in [1.807, 2.05) is 37.3 Å². The third-order valence-electron chi connectivity index (χ3n) is 7.55. The molecular weight excluding hydrogens is 456 g/mol. The highest BCUT2D eigenvalue weighted by Crippen LogP contribution is 2.51. The minimum Gasteiger partial charge on any atom is -0.481 e. The average Bonchev–Trinajstić information content (AvgIpc) is 3.70. The second-order valence-corrected chi connectivity index (χ2v) is 10.6. The van der Waals surface area contributed by atoms with Gasteiger partial charge in [-0.25, -0.2) is 4.98 Å². The molecule has 1 heterocycles. The highest BCUT2D eigenvalue weighted by atomic mass is 79.9. The number of carboxylic acid groups (broad SMARTS) is 1. The van der Waals surface area contributed by atoms with Crippen molar-refractivity contribution >= 4 is 21.9 Å². The van der Waals surface area contributed by atoms with Gasteiger partial charge in [0.25, 0.3) is 0 Å². The number of carbonyl (C=O) groups is 1. The van der Waals surface area contributed by atoms with Gasteiger partial charge in [0.1, 0.15) is 16.0 Å². The normalized spacial score (nSPS) is 28.6. The molecule has 5 rings (SSSR count). The van der Waals surface area contributed by atoms with Crippen molar-refractivity contribution in [2.45, 2.75) is 75.9 Å². The Morgan fingerprint density at radius 3 is 2.35 bits per heavy atom. The third kappa shape index (κ3) is 3.97. The summed E-state index contributed by atoms with van der Waals surface area (Å²) in [7, 11) is 0. The molecule has 3 aliphatic rings. The Kier molecular flexibility index (Phi) is 5.50. The number of rotatable bonds is 8. The van der Waals surface area contributed by atoms with Crippen LogP contribution in [0.3, 0.4) is 0 Å². The zero-order chi connectivity index (χ0) is 21.6. The van der Waals surface area contributed by atoms with Crippen LogP contribution >= 0.6 is 15.9 Å². The molecular formula is C25H31BrN2O3. The Hall–Kier alpha value is -1.66. The van der Waals surface area contributed by atoms with Crippen molar-refractivity contribution < 1.29 is 14.6 Å². The first-order valence-electron chi connectivity index (χ1n) is 11.6. The minimum atomic E-state index is -0.853. The second-order valence-electron chi connectivity index (χ2n) is 9.87. The lowest BCUT2D eigenvalue weighted by Gasteiger charge is -2.44. The lowest BCUT2D eigenvalue weighted by atomic mass is 9.65. The van der Waals surface area contributed by atoms with Crippen LogP contribution in [0, 0.1) is 18.8 Å². The van der Waals surface area contributed by atoms with E-state index in [1.165, 1.54) is 25.7 Å². The highest BCUT2D eigenvalue weighted by Gasteiger charge is 2.52. The van der Waals surface area contributed by atoms with Crippen LogP contribution in [-0.4, -0.2) is 27.2 Å². The first-order valence-corrected chi connectivity index (χ1v) is 12.4. The van der Waals surface area contributed by atoms with Crippen LogP contribution in [0.15, 0.2) is 34.9 Å². The number of halogens is 1. The number of carboxylic acids is 1. The summed E-state index contributed by atoms with van der Waals surface area (Å²) in [6.07, 6.45) is 7.48. The van der Waals surface area contributed by atoms with Gasteiger partial charge in [-0.1, -0.05) is 30.3 Å². The molecule has 3 fully saturated rings. The summed E-state index contributed by atoms with van der Waals surface area (Å²) in [6.45, 7) is 3.76. The maximum atomic E-state index is 12.5. The summed E-state index contributed by atoms with van der Waals surface area (Å²) >= 11 is 3.77. The summed E-state index contributed by atoms with van der Waals surface area (Å²) in [6, 6.07) is 9.74. The number of ether oxygens (including phenoxy) is 1. The number of aromatic nitrogens is 2. The Bertz CT molecular complexity index is 955. The van der Waals surface area contributed by atoms with E-state index in [0.29, 0.717) is 31.6 Å². The molecule has 3 aliphatic carbocycles. The maximum absolute atomic E-state index is 12.5. The van der Waals surface area contributed by atoms with Crippen molar-refractivity contribution in [3.63, 3.8) is 0 Å². The summed E-state index contributed by atoms with van der Waals surface area (Å²) in [4.78, 5) is 17.5. The molecule has 1 aromatic heterocycles. The Balaban J connectivity index is 1.49. The van der Waals surface area contributed by atoms with Crippen LogP contribution in [-0.2, 0) is 27.1 Å². The van der Waals surface area contributed by atoms with Gasteiger partial charge in [-0.05, 0) is 91.6 Å². The van der Waals surface area contributed by atoms with Crippen molar-refractivity contribution in [1.82, 2.24) is 9.55 Å². The van der Waals surface area contributed by atoms with E-state index < -0.39 is 17.0 Å². The molecule has 6 heteroatoms. The molecule has 1 aromatic carbocycles. The molecule has 1 N–H and O–H groups in total. The molecule has 2 aromatic rings. The molecule has 166 valence electrons. The summed E-state index contributed by atoms with van der Waals surface area (Å²) in [5.74, 6) is 1.63. The van der Waals surface area contributed by atoms with E-state index in [1.54, 1.807) is 0 Å². The van der Waals surface area contributed by atoms with Gasteiger partial charge in [0, 0.05) is 6.54 Å². The van der Waals surface area contributed by atoms with Crippen molar-refractivity contribution in [2.75, 3.05) is 6.61 Å². The number of hydrogen-bond donors (Lipinski definition) is 1. The fourth-order valence-corrected chi connectivity index (χ4v) is 5.49. The van der Waals surface area contributed by atoms with Gasteiger partial charge >= 0.3 is 5.97 Å². The molecule has 0 spiro atoms. The van der Waals surface area contributed by atoms with Gasteiger partial charge in [0.15, 0.2) is 0 Å². The van der Waals surface area contributed by atoms with Crippen LogP contribution in [0.4, 0.5) is 0 Å². The molecule has 0 radical (unpaired) electrons. The summed E-state index contributed by atoms with van der Waals surface area (Å²) in [5, 5.41) is 10.3. The van der Waals surface area contributed by atoms with E-state index in [0.717, 1.165) is 40.8 Å². The molecule has 0 amide bonds. The fourth-order valence-electron chi connectivity index (χ4n) is 5.08. The van der Waals surface area contributed by atoms with Gasteiger partial charge in [0.05, 0.1) is 17.7 Å². The first kappa shape index (κ1) is 21.2. The first-order chi connectivity index (χ1) is 14.9. The molecule has 0 unspecified atom stereocenters. The smallest absolute Gasteiger partial charge is 0.314 e. The van der Waals surface area contributed by atoms with Crippen molar-refractivity contribution in [2.24, 2.45) is 11.8 Å². The van der Waals surface area contributed by atoms with E-state index in [2.05, 4.69) is 20.5 Å². The third-order valence-corrected chi connectivity index (χ3v) is 8.55. The van der Waals surface area contributed by atoms with Gasteiger partial charge in [-0.3, -0.25) is 4.79 Å². The Labute approximate surface area is 192 Å². The van der Waals surface area contributed by atoms with E-state index in [-0.39, 0.29) is 0 Å². The van der Waals surface area contributed by atoms with Crippen LogP contribution in [0.2, 0.25) is 0 Å². The van der Waals surface area contributed by atoms with E-state index >= 15 is 0 Å². The van der Waals surface area contributed by atoms with Gasteiger partial charge in [-0.15, -0.1) is 0 Å². The second kappa shape index (κ2) is 8.04. The van der Waals surface area contributed by atoms with Crippen LogP contribution in [0.5, 0.6) is 0 Å². The lowest BCUT2D eigenvalue weighted by molar-refractivity contribution is -0.151. The number of aliphatic carboxylic acids is 1. The minimum absolute atomic E-state index is 0.512. The predicted molar refractivity (Wildman–Crippen MR) is 122 cm³/mol.